The predicted molar refractivity (Wildman–Crippen MR) is 40.2 cm³/mol. The molecule has 0 saturated carbocycles. The van der Waals surface area contributed by atoms with Crippen molar-refractivity contribution in [2.24, 2.45) is 11.8 Å². The summed E-state index contributed by atoms with van der Waals surface area (Å²) in [6.45, 7) is 1.00. The summed E-state index contributed by atoms with van der Waals surface area (Å²) in [5.74, 6) is -0.475. The Bertz CT molecular complexity index is 202. The number of hydrogen-bond donors (Lipinski definition) is 1. The minimum atomic E-state index is -0.193. The van der Waals surface area contributed by atoms with Crippen LogP contribution in [0.3, 0.4) is 0 Å². The summed E-state index contributed by atoms with van der Waals surface area (Å²) < 4.78 is 4.88. The minimum absolute atomic E-state index is 0.0166. The van der Waals surface area contributed by atoms with E-state index in [0.29, 0.717) is 19.6 Å². The molecular formula is C8H11NO3. The van der Waals surface area contributed by atoms with Crippen molar-refractivity contribution in [2.75, 3.05) is 13.2 Å². The average Bonchev–Trinajstić information content (AvgIpc) is 2.07. The van der Waals surface area contributed by atoms with Crippen LogP contribution in [0.15, 0.2) is 0 Å². The van der Waals surface area contributed by atoms with Gasteiger partial charge in [-0.3, -0.25) is 9.59 Å². The number of rotatable bonds is 0. The molecule has 0 radical (unpaired) electrons. The molecule has 1 N–H and O–H groups in total. The van der Waals surface area contributed by atoms with Crippen LogP contribution in [-0.2, 0) is 14.3 Å². The molecule has 0 spiro atoms. The quantitative estimate of drug-likeness (QED) is 0.506. The molecule has 0 aromatic rings. The Morgan fingerprint density at radius 3 is 2.83 bits per heavy atom. The summed E-state index contributed by atoms with van der Waals surface area (Å²) in [6, 6.07) is 0. The molecule has 2 unspecified atom stereocenters. The van der Waals surface area contributed by atoms with E-state index in [0.717, 1.165) is 6.42 Å². The van der Waals surface area contributed by atoms with Crippen molar-refractivity contribution in [1.29, 1.82) is 0 Å². The van der Waals surface area contributed by atoms with Gasteiger partial charge in [0.25, 0.3) is 0 Å². The highest BCUT2D eigenvalue weighted by Gasteiger charge is 2.40. The van der Waals surface area contributed by atoms with Crippen molar-refractivity contribution in [1.82, 2.24) is 5.32 Å². The number of esters is 1. The van der Waals surface area contributed by atoms with Gasteiger partial charge in [0.2, 0.25) is 5.91 Å². The van der Waals surface area contributed by atoms with Crippen molar-refractivity contribution in [3.8, 4) is 0 Å². The van der Waals surface area contributed by atoms with Crippen molar-refractivity contribution in [3.05, 3.63) is 0 Å². The molecule has 4 nitrogen and oxygen atoms in total. The van der Waals surface area contributed by atoms with Crippen LogP contribution in [-0.4, -0.2) is 25.0 Å². The second-order valence-corrected chi connectivity index (χ2v) is 3.25. The molecule has 66 valence electrons. The lowest BCUT2D eigenvalue weighted by Crippen LogP contribution is -2.48. The van der Waals surface area contributed by atoms with Crippen LogP contribution in [0.5, 0.6) is 0 Å². The number of nitrogens with one attached hydrogen (secondary N) is 1. The molecule has 0 aromatic heterocycles. The molecule has 2 heterocycles. The lowest BCUT2D eigenvalue weighted by Gasteiger charge is -2.32. The Balaban J connectivity index is 2.16. The average molecular weight is 169 g/mol. The van der Waals surface area contributed by atoms with E-state index >= 15 is 0 Å². The molecule has 0 aliphatic carbocycles. The van der Waals surface area contributed by atoms with Crippen molar-refractivity contribution < 1.29 is 14.3 Å². The second-order valence-electron chi connectivity index (χ2n) is 3.25. The molecular weight excluding hydrogens is 158 g/mol. The van der Waals surface area contributed by atoms with E-state index in [9.17, 15) is 9.59 Å². The number of carbonyl (C=O) groups excluding carboxylic acids is 2. The third-order valence-corrected chi connectivity index (χ3v) is 2.55. The Labute approximate surface area is 70.3 Å². The van der Waals surface area contributed by atoms with Crippen molar-refractivity contribution in [3.63, 3.8) is 0 Å². The Hall–Kier alpha value is -1.06. The molecule has 0 bridgehead atoms. The standard InChI is InChI=1S/C8H11NO3/c10-7-5-2-4-12-8(11)6(5)1-3-9-7/h5-6H,1-4H2,(H,9,10). The van der Waals surface area contributed by atoms with Crippen LogP contribution in [0.1, 0.15) is 12.8 Å². The van der Waals surface area contributed by atoms with Crippen LogP contribution < -0.4 is 5.32 Å². The van der Waals surface area contributed by atoms with Gasteiger partial charge in [-0.1, -0.05) is 0 Å². The van der Waals surface area contributed by atoms with Crippen LogP contribution in [0, 0.1) is 11.8 Å². The first-order valence-corrected chi connectivity index (χ1v) is 4.23. The zero-order valence-corrected chi connectivity index (χ0v) is 6.71. The third kappa shape index (κ3) is 1.07. The van der Waals surface area contributed by atoms with E-state index in [4.69, 9.17) is 4.74 Å². The van der Waals surface area contributed by atoms with Gasteiger partial charge < -0.3 is 10.1 Å². The van der Waals surface area contributed by atoms with Gasteiger partial charge in [-0.2, -0.15) is 0 Å². The van der Waals surface area contributed by atoms with Gasteiger partial charge in [0, 0.05) is 6.54 Å². The molecule has 2 saturated heterocycles. The lowest BCUT2D eigenvalue weighted by atomic mass is 9.82. The normalized spacial score (nSPS) is 35.0. The number of hydrogen-bond acceptors (Lipinski definition) is 3. The first-order valence-electron chi connectivity index (χ1n) is 4.23. The third-order valence-electron chi connectivity index (χ3n) is 2.55. The maximum Gasteiger partial charge on any atom is 0.309 e. The van der Waals surface area contributed by atoms with Gasteiger partial charge >= 0.3 is 5.97 Å². The van der Waals surface area contributed by atoms with Gasteiger partial charge in [-0.05, 0) is 12.8 Å². The van der Waals surface area contributed by atoms with Crippen LogP contribution in [0.4, 0.5) is 0 Å². The van der Waals surface area contributed by atoms with Gasteiger partial charge in [0.15, 0.2) is 0 Å². The van der Waals surface area contributed by atoms with Crippen molar-refractivity contribution in [2.45, 2.75) is 12.8 Å². The molecule has 2 atom stereocenters. The summed E-state index contributed by atoms with van der Waals surface area (Å²) in [4.78, 5) is 22.4. The lowest BCUT2D eigenvalue weighted by molar-refractivity contribution is -0.162. The van der Waals surface area contributed by atoms with E-state index in [1.165, 1.54) is 0 Å². The number of fused-ring (bicyclic) bond motifs is 1. The smallest absolute Gasteiger partial charge is 0.309 e. The van der Waals surface area contributed by atoms with Gasteiger partial charge in [0.05, 0.1) is 18.4 Å². The highest BCUT2D eigenvalue weighted by molar-refractivity contribution is 5.87. The minimum Gasteiger partial charge on any atom is -0.465 e. The molecule has 2 aliphatic heterocycles. The summed E-state index contributed by atoms with van der Waals surface area (Å²) in [5, 5.41) is 2.76. The van der Waals surface area contributed by atoms with Gasteiger partial charge in [-0.15, -0.1) is 0 Å². The van der Waals surface area contributed by atoms with E-state index < -0.39 is 0 Å². The zero-order valence-electron chi connectivity index (χ0n) is 6.71. The van der Waals surface area contributed by atoms with E-state index in [1.54, 1.807) is 0 Å². The first kappa shape index (κ1) is 7.58. The summed E-state index contributed by atoms with van der Waals surface area (Å²) in [6.07, 6.45) is 1.41. The van der Waals surface area contributed by atoms with Crippen molar-refractivity contribution >= 4 is 11.9 Å². The Morgan fingerprint density at radius 2 is 2.08 bits per heavy atom. The molecule has 2 fully saturated rings. The predicted octanol–water partition coefficient (Wildman–Crippen LogP) is -0.314. The fourth-order valence-electron chi connectivity index (χ4n) is 1.87. The highest BCUT2D eigenvalue weighted by Crippen LogP contribution is 2.28. The van der Waals surface area contributed by atoms with Gasteiger partial charge in [0.1, 0.15) is 0 Å². The van der Waals surface area contributed by atoms with Crippen LogP contribution >= 0.6 is 0 Å². The number of carbonyl (C=O) groups is 2. The molecule has 12 heavy (non-hydrogen) atoms. The molecule has 4 heteroatoms. The number of ether oxygens (including phenoxy) is 1. The molecule has 2 rings (SSSR count). The Kier molecular flexibility index (Phi) is 1.75. The highest BCUT2D eigenvalue weighted by atomic mass is 16.5. The summed E-state index contributed by atoms with van der Waals surface area (Å²) in [5.41, 5.74) is 0. The number of cyclic esters (lactones) is 1. The summed E-state index contributed by atoms with van der Waals surface area (Å²) >= 11 is 0. The number of piperidine rings is 1. The largest absolute Gasteiger partial charge is 0.465 e. The SMILES string of the molecule is O=C1NCCC2C(=O)OCCC12. The fourth-order valence-corrected chi connectivity index (χ4v) is 1.87. The molecule has 0 aromatic carbocycles. The fraction of sp³-hybridized carbons (Fsp3) is 0.750. The van der Waals surface area contributed by atoms with Crippen LogP contribution in [0.25, 0.3) is 0 Å². The van der Waals surface area contributed by atoms with Crippen LogP contribution in [0.2, 0.25) is 0 Å². The van der Waals surface area contributed by atoms with E-state index in [-0.39, 0.29) is 23.7 Å². The zero-order chi connectivity index (χ0) is 8.55. The summed E-state index contributed by atoms with van der Waals surface area (Å²) in [7, 11) is 0. The van der Waals surface area contributed by atoms with E-state index in [2.05, 4.69) is 5.32 Å². The Morgan fingerprint density at radius 1 is 1.25 bits per heavy atom. The van der Waals surface area contributed by atoms with Gasteiger partial charge in [-0.25, -0.2) is 0 Å². The first-order chi connectivity index (χ1) is 5.79. The van der Waals surface area contributed by atoms with E-state index in [1.807, 2.05) is 0 Å². The maximum absolute atomic E-state index is 11.3. The number of amides is 1. The monoisotopic (exact) mass is 169 g/mol. The molecule has 2 aliphatic rings. The molecule has 1 amide bonds. The second kappa shape index (κ2) is 2.77. The maximum atomic E-state index is 11.3. The topological polar surface area (TPSA) is 55.4 Å².